The highest BCUT2D eigenvalue weighted by atomic mass is 35.5. The third kappa shape index (κ3) is 5.09. The highest BCUT2D eigenvalue weighted by molar-refractivity contribution is 6.17. The summed E-state index contributed by atoms with van der Waals surface area (Å²) in [4.78, 5) is 12.0. The predicted molar refractivity (Wildman–Crippen MR) is 77.2 cm³/mol. The SMILES string of the molecule is CCCC(CCCl)CNC(=O)c1cccc(C)c1. The minimum Gasteiger partial charge on any atom is -0.352 e. The molecule has 0 aliphatic rings. The smallest absolute Gasteiger partial charge is 0.251 e. The van der Waals surface area contributed by atoms with E-state index in [0.29, 0.717) is 18.3 Å². The van der Waals surface area contributed by atoms with Crippen LogP contribution in [-0.4, -0.2) is 18.3 Å². The number of benzene rings is 1. The van der Waals surface area contributed by atoms with Crippen LogP contribution in [0.25, 0.3) is 0 Å². The molecule has 0 aliphatic heterocycles. The van der Waals surface area contributed by atoms with E-state index in [1.165, 1.54) is 0 Å². The van der Waals surface area contributed by atoms with Crippen LogP contribution in [0.15, 0.2) is 24.3 Å². The number of alkyl halides is 1. The van der Waals surface area contributed by atoms with E-state index >= 15 is 0 Å². The summed E-state index contributed by atoms with van der Waals surface area (Å²) in [5.74, 6) is 1.15. The second kappa shape index (κ2) is 8.15. The molecule has 0 spiro atoms. The number of nitrogens with one attached hydrogen (secondary N) is 1. The third-order valence-electron chi connectivity index (χ3n) is 3.05. The Hall–Kier alpha value is -1.02. The first-order valence-electron chi connectivity index (χ1n) is 6.58. The van der Waals surface area contributed by atoms with E-state index in [1.54, 1.807) is 0 Å². The van der Waals surface area contributed by atoms with Gasteiger partial charge in [-0.2, -0.15) is 0 Å². The second-order valence-electron chi connectivity index (χ2n) is 4.71. The van der Waals surface area contributed by atoms with Crippen molar-refractivity contribution in [2.45, 2.75) is 33.1 Å². The highest BCUT2D eigenvalue weighted by Gasteiger charge is 2.10. The quantitative estimate of drug-likeness (QED) is 0.749. The summed E-state index contributed by atoms with van der Waals surface area (Å²) in [6.07, 6.45) is 3.20. The van der Waals surface area contributed by atoms with Crippen LogP contribution in [0.3, 0.4) is 0 Å². The Bertz CT molecular complexity index is 373. The molecule has 1 aromatic rings. The van der Waals surface area contributed by atoms with Gasteiger partial charge in [0.25, 0.3) is 5.91 Å². The normalized spacial score (nSPS) is 12.2. The molecule has 18 heavy (non-hydrogen) atoms. The molecule has 100 valence electrons. The van der Waals surface area contributed by atoms with Crippen LogP contribution in [0, 0.1) is 12.8 Å². The van der Waals surface area contributed by atoms with E-state index in [2.05, 4.69) is 12.2 Å². The summed E-state index contributed by atoms with van der Waals surface area (Å²) in [5, 5.41) is 3.00. The largest absolute Gasteiger partial charge is 0.352 e. The molecule has 1 rings (SSSR count). The lowest BCUT2D eigenvalue weighted by Gasteiger charge is -2.15. The fourth-order valence-electron chi connectivity index (χ4n) is 2.04. The molecule has 3 heteroatoms. The van der Waals surface area contributed by atoms with Gasteiger partial charge in [0.2, 0.25) is 0 Å². The number of halogens is 1. The van der Waals surface area contributed by atoms with Gasteiger partial charge in [0.15, 0.2) is 0 Å². The zero-order valence-corrected chi connectivity index (χ0v) is 12.0. The number of amides is 1. The number of rotatable bonds is 7. The molecule has 1 amide bonds. The predicted octanol–water partition coefficient (Wildman–Crippen LogP) is 3.77. The first kappa shape index (κ1) is 15.0. The molecule has 1 N–H and O–H groups in total. The second-order valence-corrected chi connectivity index (χ2v) is 5.09. The molecule has 0 aliphatic carbocycles. The number of carbonyl (C=O) groups excluding carboxylic acids is 1. The summed E-state index contributed by atoms with van der Waals surface area (Å²) in [6, 6.07) is 7.65. The van der Waals surface area contributed by atoms with E-state index in [-0.39, 0.29) is 5.91 Å². The zero-order valence-electron chi connectivity index (χ0n) is 11.2. The lowest BCUT2D eigenvalue weighted by Crippen LogP contribution is -2.29. The first-order chi connectivity index (χ1) is 8.67. The van der Waals surface area contributed by atoms with Gasteiger partial charge >= 0.3 is 0 Å². The summed E-state index contributed by atoms with van der Waals surface area (Å²) >= 11 is 5.77. The number of hydrogen-bond acceptors (Lipinski definition) is 1. The third-order valence-corrected chi connectivity index (χ3v) is 3.26. The Balaban J connectivity index is 2.49. The Morgan fingerprint density at radius 1 is 1.39 bits per heavy atom. The lowest BCUT2D eigenvalue weighted by atomic mass is 10.0. The number of aryl methyl sites for hydroxylation is 1. The number of hydrogen-bond donors (Lipinski definition) is 1. The van der Waals surface area contributed by atoms with Crippen molar-refractivity contribution in [3.8, 4) is 0 Å². The van der Waals surface area contributed by atoms with Crippen LogP contribution < -0.4 is 5.32 Å². The molecule has 0 bridgehead atoms. The molecule has 0 radical (unpaired) electrons. The lowest BCUT2D eigenvalue weighted by molar-refractivity contribution is 0.0946. The van der Waals surface area contributed by atoms with Gasteiger partial charge in [-0.15, -0.1) is 11.6 Å². The average molecular weight is 268 g/mol. The van der Waals surface area contributed by atoms with Crippen molar-refractivity contribution in [1.82, 2.24) is 5.32 Å². The van der Waals surface area contributed by atoms with Gasteiger partial charge in [0.1, 0.15) is 0 Å². The molecule has 0 saturated carbocycles. The van der Waals surface area contributed by atoms with Gasteiger partial charge in [-0.05, 0) is 37.8 Å². The molecular weight excluding hydrogens is 246 g/mol. The van der Waals surface area contributed by atoms with Gasteiger partial charge in [0.05, 0.1) is 0 Å². The van der Waals surface area contributed by atoms with Gasteiger partial charge in [0, 0.05) is 18.0 Å². The Labute approximate surface area is 115 Å². The Morgan fingerprint density at radius 2 is 2.17 bits per heavy atom. The van der Waals surface area contributed by atoms with Crippen molar-refractivity contribution in [2.24, 2.45) is 5.92 Å². The van der Waals surface area contributed by atoms with Crippen LogP contribution in [-0.2, 0) is 0 Å². The summed E-state index contributed by atoms with van der Waals surface area (Å²) in [7, 11) is 0. The summed E-state index contributed by atoms with van der Waals surface area (Å²) in [5.41, 5.74) is 1.84. The van der Waals surface area contributed by atoms with Gasteiger partial charge < -0.3 is 5.32 Å². The van der Waals surface area contributed by atoms with E-state index < -0.39 is 0 Å². The first-order valence-corrected chi connectivity index (χ1v) is 7.11. The molecule has 0 fully saturated rings. The molecule has 0 aromatic heterocycles. The molecular formula is C15H22ClNO. The maximum Gasteiger partial charge on any atom is 0.251 e. The van der Waals surface area contributed by atoms with Crippen molar-refractivity contribution in [1.29, 1.82) is 0 Å². The minimum absolute atomic E-state index is 0.00868. The van der Waals surface area contributed by atoms with Crippen LogP contribution >= 0.6 is 11.6 Å². The molecule has 1 atom stereocenters. The minimum atomic E-state index is 0.00868. The van der Waals surface area contributed by atoms with Crippen molar-refractivity contribution in [3.05, 3.63) is 35.4 Å². The van der Waals surface area contributed by atoms with E-state index in [4.69, 9.17) is 11.6 Å². The van der Waals surface area contributed by atoms with E-state index in [1.807, 2.05) is 31.2 Å². The topological polar surface area (TPSA) is 29.1 Å². The standard InChI is InChI=1S/C15H22ClNO/c1-3-5-13(8-9-16)11-17-15(18)14-7-4-6-12(2)10-14/h4,6-7,10,13H,3,5,8-9,11H2,1-2H3,(H,17,18). The fourth-order valence-corrected chi connectivity index (χ4v) is 2.35. The maximum atomic E-state index is 12.0. The fraction of sp³-hybridized carbons (Fsp3) is 0.533. The summed E-state index contributed by atoms with van der Waals surface area (Å²) in [6.45, 7) is 4.86. The molecule has 1 unspecified atom stereocenters. The van der Waals surface area contributed by atoms with Crippen LogP contribution in [0.5, 0.6) is 0 Å². The molecule has 0 heterocycles. The maximum absolute atomic E-state index is 12.0. The Kier molecular flexibility index (Phi) is 6.81. The van der Waals surface area contributed by atoms with Crippen LogP contribution in [0.1, 0.15) is 42.1 Å². The molecule has 0 saturated heterocycles. The average Bonchev–Trinajstić information content (AvgIpc) is 2.36. The van der Waals surface area contributed by atoms with Crippen molar-refractivity contribution >= 4 is 17.5 Å². The zero-order chi connectivity index (χ0) is 13.4. The van der Waals surface area contributed by atoms with Gasteiger partial charge in [-0.1, -0.05) is 31.0 Å². The Morgan fingerprint density at radius 3 is 2.78 bits per heavy atom. The van der Waals surface area contributed by atoms with Gasteiger partial charge in [-0.25, -0.2) is 0 Å². The van der Waals surface area contributed by atoms with E-state index in [9.17, 15) is 4.79 Å². The van der Waals surface area contributed by atoms with Crippen molar-refractivity contribution in [3.63, 3.8) is 0 Å². The van der Waals surface area contributed by atoms with Crippen LogP contribution in [0.2, 0.25) is 0 Å². The van der Waals surface area contributed by atoms with Crippen molar-refractivity contribution in [2.75, 3.05) is 12.4 Å². The molecule has 1 aromatic carbocycles. The van der Waals surface area contributed by atoms with Crippen molar-refractivity contribution < 1.29 is 4.79 Å². The van der Waals surface area contributed by atoms with E-state index in [0.717, 1.165) is 30.4 Å². The molecule has 2 nitrogen and oxygen atoms in total. The van der Waals surface area contributed by atoms with Gasteiger partial charge in [-0.3, -0.25) is 4.79 Å². The highest BCUT2D eigenvalue weighted by Crippen LogP contribution is 2.11. The monoisotopic (exact) mass is 267 g/mol. The summed E-state index contributed by atoms with van der Waals surface area (Å²) < 4.78 is 0. The van der Waals surface area contributed by atoms with Crippen LogP contribution in [0.4, 0.5) is 0 Å². The number of carbonyl (C=O) groups is 1.